The van der Waals surface area contributed by atoms with Crippen LogP contribution in [0.3, 0.4) is 0 Å². The highest BCUT2D eigenvalue weighted by Gasteiger charge is 2.36. The Hall–Kier alpha value is -2.70. The van der Waals surface area contributed by atoms with Crippen molar-refractivity contribution in [3.63, 3.8) is 0 Å². The summed E-state index contributed by atoms with van der Waals surface area (Å²) in [6, 6.07) is 6.98. The molecule has 7 heteroatoms. The van der Waals surface area contributed by atoms with Crippen LogP contribution in [-0.4, -0.2) is 17.0 Å². The Morgan fingerprint density at radius 2 is 1.86 bits per heavy atom. The van der Waals surface area contributed by atoms with Crippen molar-refractivity contribution in [3.05, 3.63) is 41.9 Å². The van der Waals surface area contributed by atoms with Gasteiger partial charge < -0.3 is 15.2 Å². The first-order valence-electron chi connectivity index (χ1n) is 6.61. The molecule has 0 spiro atoms. The maximum Gasteiger partial charge on any atom is 0.240 e. The average Bonchev–Trinajstić information content (AvgIpc) is 2.84. The van der Waals surface area contributed by atoms with E-state index in [0.717, 1.165) is 0 Å². The van der Waals surface area contributed by atoms with Crippen molar-refractivity contribution >= 4 is 23.3 Å². The minimum Gasteiger partial charge on any atom is -0.360 e. The van der Waals surface area contributed by atoms with Crippen LogP contribution in [0.4, 0.5) is 15.9 Å². The van der Waals surface area contributed by atoms with E-state index in [0.29, 0.717) is 5.76 Å². The highest BCUT2D eigenvalue weighted by molar-refractivity contribution is 6.13. The number of benzene rings is 1. The number of halogens is 1. The van der Waals surface area contributed by atoms with Gasteiger partial charge in [0, 0.05) is 11.8 Å². The predicted molar refractivity (Wildman–Crippen MR) is 78.7 cm³/mol. The Morgan fingerprint density at radius 1 is 1.18 bits per heavy atom. The van der Waals surface area contributed by atoms with E-state index >= 15 is 0 Å². The van der Waals surface area contributed by atoms with Gasteiger partial charge in [-0.3, -0.25) is 9.59 Å². The number of carbonyl (C=O) groups is 2. The van der Waals surface area contributed by atoms with Crippen molar-refractivity contribution < 1.29 is 18.5 Å². The fourth-order valence-corrected chi connectivity index (χ4v) is 1.65. The van der Waals surface area contributed by atoms with Crippen LogP contribution in [0.25, 0.3) is 0 Å². The van der Waals surface area contributed by atoms with Crippen LogP contribution in [0.5, 0.6) is 0 Å². The third-order valence-corrected chi connectivity index (χ3v) is 3.09. The topological polar surface area (TPSA) is 84.2 Å². The number of carbonyl (C=O) groups excluding carboxylic acids is 2. The van der Waals surface area contributed by atoms with Gasteiger partial charge >= 0.3 is 0 Å². The third-order valence-electron chi connectivity index (χ3n) is 3.09. The Labute approximate surface area is 126 Å². The second-order valence-electron chi connectivity index (χ2n) is 5.37. The Morgan fingerprint density at radius 3 is 2.45 bits per heavy atom. The summed E-state index contributed by atoms with van der Waals surface area (Å²) in [6.07, 6.45) is 0. The van der Waals surface area contributed by atoms with Crippen molar-refractivity contribution in [2.75, 3.05) is 10.6 Å². The molecule has 0 aliphatic rings. The molecular formula is C15H16FN3O3. The molecular weight excluding hydrogens is 289 g/mol. The lowest BCUT2D eigenvalue weighted by Gasteiger charge is -2.22. The summed E-state index contributed by atoms with van der Waals surface area (Å²) in [7, 11) is 0. The van der Waals surface area contributed by atoms with Crippen LogP contribution < -0.4 is 10.6 Å². The van der Waals surface area contributed by atoms with Gasteiger partial charge in [0.15, 0.2) is 5.82 Å². The van der Waals surface area contributed by atoms with Gasteiger partial charge in [0.05, 0.1) is 0 Å². The van der Waals surface area contributed by atoms with Gasteiger partial charge in [0.1, 0.15) is 17.0 Å². The molecule has 0 unspecified atom stereocenters. The van der Waals surface area contributed by atoms with E-state index in [1.165, 1.54) is 38.1 Å². The molecule has 2 N–H and O–H groups in total. The predicted octanol–water partition coefficient (Wildman–Crippen LogP) is 2.73. The lowest BCUT2D eigenvalue weighted by molar-refractivity contribution is -0.135. The third kappa shape index (κ3) is 3.49. The van der Waals surface area contributed by atoms with Gasteiger partial charge in [-0.2, -0.15) is 0 Å². The second-order valence-corrected chi connectivity index (χ2v) is 5.37. The zero-order chi connectivity index (χ0) is 16.3. The number of nitrogens with zero attached hydrogens (tertiary/aromatic N) is 1. The minimum atomic E-state index is -1.38. The van der Waals surface area contributed by atoms with Gasteiger partial charge in [0.25, 0.3) is 0 Å². The van der Waals surface area contributed by atoms with E-state index in [9.17, 15) is 14.0 Å². The van der Waals surface area contributed by atoms with Crippen LogP contribution in [-0.2, 0) is 9.59 Å². The van der Waals surface area contributed by atoms with E-state index in [4.69, 9.17) is 4.52 Å². The van der Waals surface area contributed by atoms with Crippen LogP contribution in [0.15, 0.2) is 34.9 Å². The molecule has 1 aromatic carbocycles. The fraction of sp³-hybridized carbons (Fsp3) is 0.267. The summed E-state index contributed by atoms with van der Waals surface area (Å²) in [5.74, 6) is -0.810. The molecule has 0 saturated heterocycles. The molecule has 0 aliphatic carbocycles. The van der Waals surface area contributed by atoms with E-state index in [2.05, 4.69) is 15.8 Å². The molecule has 0 bridgehead atoms. The molecule has 2 rings (SSSR count). The molecule has 0 radical (unpaired) electrons. The number of hydrogen-bond donors (Lipinski definition) is 2. The molecule has 1 heterocycles. The number of rotatable bonds is 4. The van der Waals surface area contributed by atoms with Crippen LogP contribution in [0.1, 0.15) is 19.6 Å². The van der Waals surface area contributed by atoms with E-state index < -0.39 is 23.0 Å². The summed E-state index contributed by atoms with van der Waals surface area (Å²) in [5.41, 5.74) is -1.10. The first-order valence-corrected chi connectivity index (χ1v) is 6.61. The van der Waals surface area contributed by atoms with E-state index in [-0.39, 0.29) is 11.5 Å². The van der Waals surface area contributed by atoms with Gasteiger partial charge in [-0.15, -0.1) is 0 Å². The molecule has 2 amide bonds. The number of amides is 2. The molecule has 0 fully saturated rings. The molecule has 22 heavy (non-hydrogen) atoms. The van der Waals surface area contributed by atoms with Crippen LogP contribution in [0.2, 0.25) is 0 Å². The van der Waals surface area contributed by atoms with Crippen molar-refractivity contribution in [3.8, 4) is 0 Å². The van der Waals surface area contributed by atoms with Crippen LogP contribution >= 0.6 is 0 Å². The summed E-state index contributed by atoms with van der Waals surface area (Å²) < 4.78 is 18.0. The normalized spacial score (nSPS) is 11.1. The van der Waals surface area contributed by atoms with Crippen LogP contribution in [0, 0.1) is 18.2 Å². The number of nitrogens with one attached hydrogen (secondary N) is 2. The van der Waals surface area contributed by atoms with Crippen molar-refractivity contribution in [2.24, 2.45) is 5.41 Å². The monoisotopic (exact) mass is 305 g/mol. The molecule has 0 aliphatic heterocycles. The first kappa shape index (κ1) is 15.7. The zero-order valence-electron chi connectivity index (χ0n) is 12.4. The maximum atomic E-state index is 13.1. The van der Waals surface area contributed by atoms with Gasteiger partial charge in [-0.25, -0.2) is 4.39 Å². The maximum absolute atomic E-state index is 13.1. The highest BCUT2D eigenvalue weighted by atomic mass is 19.1. The standard InChI is InChI=1S/C15H16FN3O3/c1-9-7-12(19-22-9)18-14(21)15(2,3)13(20)17-11-6-4-5-10(16)8-11/h4-8H,1-3H3,(H,17,20)(H,18,19,21). The van der Waals surface area contributed by atoms with Crippen molar-refractivity contribution in [1.29, 1.82) is 0 Å². The smallest absolute Gasteiger partial charge is 0.240 e. The summed E-state index contributed by atoms with van der Waals surface area (Å²) in [5, 5.41) is 8.65. The van der Waals surface area contributed by atoms with Gasteiger partial charge in [-0.05, 0) is 39.0 Å². The SMILES string of the molecule is Cc1cc(NC(=O)C(C)(C)C(=O)Nc2cccc(F)c2)no1. The molecule has 1 aromatic heterocycles. The van der Waals surface area contributed by atoms with E-state index in [1.54, 1.807) is 13.0 Å². The lowest BCUT2D eigenvalue weighted by atomic mass is 9.91. The number of aryl methyl sites for hydroxylation is 1. The number of hydrogen-bond acceptors (Lipinski definition) is 4. The van der Waals surface area contributed by atoms with E-state index in [1.807, 2.05) is 0 Å². The van der Waals surface area contributed by atoms with Gasteiger partial charge in [-0.1, -0.05) is 11.2 Å². The summed E-state index contributed by atoms with van der Waals surface area (Å²) in [4.78, 5) is 24.5. The summed E-state index contributed by atoms with van der Waals surface area (Å²) in [6.45, 7) is 4.61. The van der Waals surface area contributed by atoms with Gasteiger partial charge in [0.2, 0.25) is 11.8 Å². The fourth-order valence-electron chi connectivity index (χ4n) is 1.65. The van der Waals surface area contributed by atoms with Crippen molar-refractivity contribution in [2.45, 2.75) is 20.8 Å². The summed E-state index contributed by atoms with van der Waals surface area (Å²) >= 11 is 0. The first-order chi connectivity index (χ1) is 10.3. The Bertz CT molecular complexity index is 710. The lowest BCUT2D eigenvalue weighted by Crippen LogP contribution is -2.41. The Kier molecular flexibility index (Phi) is 4.25. The minimum absolute atomic E-state index is 0.231. The quantitative estimate of drug-likeness (QED) is 0.851. The largest absolute Gasteiger partial charge is 0.360 e. The number of anilines is 2. The Balaban J connectivity index is 2.07. The molecule has 6 nitrogen and oxygen atoms in total. The molecule has 0 saturated carbocycles. The second kappa shape index (κ2) is 5.97. The molecule has 2 aromatic rings. The van der Waals surface area contributed by atoms with Crippen molar-refractivity contribution in [1.82, 2.24) is 5.16 Å². The number of aromatic nitrogens is 1. The highest BCUT2D eigenvalue weighted by Crippen LogP contribution is 2.21. The molecule has 0 atom stereocenters. The average molecular weight is 305 g/mol. The molecule has 116 valence electrons. The zero-order valence-corrected chi connectivity index (χ0v) is 12.4.